The summed E-state index contributed by atoms with van der Waals surface area (Å²) in [6, 6.07) is 1.31. The van der Waals surface area contributed by atoms with E-state index in [1.807, 2.05) is 0 Å². The van der Waals surface area contributed by atoms with Gasteiger partial charge in [0.1, 0.15) is 12.4 Å². The molecule has 0 aromatic carbocycles. The Balaban J connectivity index is 2.54. The second kappa shape index (κ2) is 6.34. The average Bonchev–Trinajstić information content (AvgIpc) is 2.29. The summed E-state index contributed by atoms with van der Waals surface area (Å²) in [5.74, 6) is -0.810. The first-order valence-electron chi connectivity index (χ1n) is 5.46. The first kappa shape index (κ1) is 14.4. The lowest BCUT2D eigenvalue weighted by Crippen LogP contribution is -2.16. The van der Waals surface area contributed by atoms with Crippen LogP contribution in [0.5, 0.6) is 5.75 Å². The molecule has 0 spiro atoms. The maximum atomic E-state index is 11.4. The van der Waals surface area contributed by atoms with Gasteiger partial charge in [-0.15, -0.1) is 0 Å². The predicted molar refractivity (Wildman–Crippen MR) is 65.6 cm³/mol. The summed E-state index contributed by atoms with van der Waals surface area (Å²) in [4.78, 5) is 14.4. The molecule has 0 atom stereocenters. The topological polar surface area (TPSA) is 93.6 Å². The molecule has 1 aromatic heterocycles. The number of aromatic nitrogens is 1. The first-order chi connectivity index (χ1) is 8.44. The van der Waals surface area contributed by atoms with Gasteiger partial charge in [-0.25, -0.2) is 13.2 Å². The predicted octanol–water partition coefficient (Wildman–Crippen LogP) is 0.983. The highest BCUT2D eigenvalue weighted by atomic mass is 32.2. The molecule has 0 fully saturated rings. The van der Waals surface area contributed by atoms with E-state index in [1.54, 1.807) is 6.92 Å². The third-order valence-electron chi connectivity index (χ3n) is 2.14. The molecule has 0 aliphatic heterocycles. The Hall–Kier alpha value is -1.63. The van der Waals surface area contributed by atoms with Gasteiger partial charge in [0.05, 0.1) is 23.3 Å². The van der Waals surface area contributed by atoms with Crippen molar-refractivity contribution in [1.82, 2.24) is 4.98 Å². The minimum Gasteiger partial charge on any atom is -0.491 e. The molecule has 0 aliphatic carbocycles. The molecule has 0 aliphatic rings. The third-order valence-corrected chi connectivity index (χ3v) is 3.96. The smallest absolute Gasteiger partial charge is 0.337 e. The van der Waals surface area contributed by atoms with Crippen molar-refractivity contribution in [2.75, 3.05) is 18.1 Å². The van der Waals surface area contributed by atoms with Crippen molar-refractivity contribution < 1.29 is 23.1 Å². The molecule has 1 aromatic rings. The Labute approximate surface area is 106 Å². The Morgan fingerprint density at radius 3 is 2.72 bits per heavy atom. The lowest BCUT2D eigenvalue weighted by atomic mass is 10.3. The van der Waals surface area contributed by atoms with Crippen LogP contribution in [0.25, 0.3) is 0 Å². The molecule has 1 rings (SSSR count). The normalized spacial score (nSPS) is 11.2. The molecule has 100 valence electrons. The van der Waals surface area contributed by atoms with Gasteiger partial charge in [-0.3, -0.25) is 4.98 Å². The van der Waals surface area contributed by atoms with E-state index >= 15 is 0 Å². The van der Waals surface area contributed by atoms with E-state index in [-0.39, 0.29) is 29.4 Å². The number of pyridine rings is 1. The van der Waals surface area contributed by atoms with Crippen molar-refractivity contribution in [3.8, 4) is 5.75 Å². The Morgan fingerprint density at radius 2 is 2.11 bits per heavy atom. The molecule has 1 heterocycles. The fourth-order valence-electron chi connectivity index (χ4n) is 1.31. The van der Waals surface area contributed by atoms with Crippen LogP contribution in [0.15, 0.2) is 18.5 Å². The Kier molecular flexibility index (Phi) is 5.08. The number of carbonyl (C=O) groups is 1. The van der Waals surface area contributed by atoms with E-state index in [2.05, 4.69) is 4.98 Å². The zero-order chi connectivity index (χ0) is 13.6. The van der Waals surface area contributed by atoms with Crippen LogP contribution >= 0.6 is 0 Å². The number of carboxylic acid groups (broad SMARTS) is 1. The van der Waals surface area contributed by atoms with E-state index < -0.39 is 15.8 Å². The van der Waals surface area contributed by atoms with Crippen LogP contribution in [0, 0.1) is 0 Å². The van der Waals surface area contributed by atoms with Crippen LogP contribution in [0.4, 0.5) is 0 Å². The summed E-state index contributed by atoms with van der Waals surface area (Å²) >= 11 is 0. The third kappa shape index (κ3) is 4.70. The Morgan fingerprint density at radius 1 is 1.39 bits per heavy atom. The van der Waals surface area contributed by atoms with Crippen LogP contribution < -0.4 is 4.74 Å². The quantitative estimate of drug-likeness (QED) is 0.796. The average molecular weight is 273 g/mol. The van der Waals surface area contributed by atoms with Crippen molar-refractivity contribution in [3.05, 3.63) is 24.0 Å². The molecular weight excluding hydrogens is 258 g/mol. The summed E-state index contributed by atoms with van der Waals surface area (Å²) < 4.78 is 28.0. The number of ether oxygens (including phenoxy) is 1. The summed E-state index contributed by atoms with van der Waals surface area (Å²) in [5, 5.41) is 8.74. The monoisotopic (exact) mass is 273 g/mol. The summed E-state index contributed by atoms with van der Waals surface area (Å²) in [7, 11) is -3.09. The molecule has 0 amide bonds. The van der Waals surface area contributed by atoms with Crippen LogP contribution in [0.1, 0.15) is 23.7 Å². The number of hydrogen-bond acceptors (Lipinski definition) is 5. The van der Waals surface area contributed by atoms with Crippen molar-refractivity contribution in [3.63, 3.8) is 0 Å². The van der Waals surface area contributed by atoms with Crippen molar-refractivity contribution in [2.45, 2.75) is 13.3 Å². The van der Waals surface area contributed by atoms with Crippen molar-refractivity contribution in [2.24, 2.45) is 0 Å². The second-order valence-electron chi connectivity index (χ2n) is 3.71. The van der Waals surface area contributed by atoms with Gasteiger partial charge >= 0.3 is 5.97 Å². The molecule has 0 radical (unpaired) electrons. The fraction of sp³-hybridized carbons (Fsp3) is 0.455. The van der Waals surface area contributed by atoms with Gasteiger partial charge in [0, 0.05) is 6.20 Å². The minimum atomic E-state index is -3.09. The zero-order valence-corrected chi connectivity index (χ0v) is 10.8. The molecule has 0 saturated carbocycles. The lowest BCUT2D eigenvalue weighted by molar-refractivity contribution is 0.0696. The number of rotatable bonds is 7. The standard InChI is InChI=1S/C11H15NO5S/c1-2-4-18(15,16)5-3-17-10-6-9(11(13)14)7-12-8-10/h6-8H,2-5H2,1H3,(H,13,14). The highest BCUT2D eigenvalue weighted by Crippen LogP contribution is 2.11. The van der Waals surface area contributed by atoms with E-state index in [0.29, 0.717) is 6.42 Å². The van der Waals surface area contributed by atoms with Crippen molar-refractivity contribution in [1.29, 1.82) is 0 Å². The molecule has 0 bridgehead atoms. The highest BCUT2D eigenvalue weighted by molar-refractivity contribution is 7.91. The van der Waals surface area contributed by atoms with E-state index in [1.165, 1.54) is 18.5 Å². The highest BCUT2D eigenvalue weighted by Gasteiger charge is 2.10. The molecule has 0 unspecified atom stereocenters. The van der Waals surface area contributed by atoms with E-state index in [0.717, 1.165) is 0 Å². The van der Waals surface area contributed by atoms with Crippen LogP contribution in [-0.4, -0.2) is 42.6 Å². The van der Waals surface area contributed by atoms with E-state index in [4.69, 9.17) is 9.84 Å². The van der Waals surface area contributed by atoms with Gasteiger partial charge in [-0.05, 0) is 12.5 Å². The minimum absolute atomic E-state index is 0.00363. The summed E-state index contributed by atoms with van der Waals surface area (Å²) in [6.45, 7) is 1.78. The molecule has 18 heavy (non-hydrogen) atoms. The first-order valence-corrected chi connectivity index (χ1v) is 7.28. The van der Waals surface area contributed by atoms with Gasteiger partial charge in [0.2, 0.25) is 0 Å². The summed E-state index contributed by atoms with van der Waals surface area (Å²) in [5.41, 5.74) is 0.00363. The lowest BCUT2D eigenvalue weighted by Gasteiger charge is -2.06. The Bertz CT molecular complexity index is 512. The maximum Gasteiger partial charge on any atom is 0.337 e. The number of hydrogen-bond donors (Lipinski definition) is 1. The van der Waals surface area contributed by atoms with E-state index in [9.17, 15) is 13.2 Å². The molecule has 1 N–H and O–H groups in total. The number of aromatic carboxylic acids is 1. The maximum absolute atomic E-state index is 11.4. The van der Waals surface area contributed by atoms with Crippen LogP contribution in [-0.2, 0) is 9.84 Å². The van der Waals surface area contributed by atoms with Gasteiger partial charge in [-0.1, -0.05) is 6.92 Å². The summed E-state index contributed by atoms with van der Waals surface area (Å²) in [6.07, 6.45) is 3.11. The number of nitrogens with zero attached hydrogens (tertiary/aromatic N) is 1. The molecule has 7 heteroatoms. The molecular formula is C11H15NO5S. The number of carboxylic acids is 1. The zero-order valence-electron chi connectivity index (χ0n) is 10.00. The molecule has 0 saturated heterocycles. The van der Waals surface area contributed by atoms with Crippen LogP contribution in [0.3, 0.4) is 0 Å². The number of sulfone groups is 1. The van der Waals surface area contributed by atoms with Crippen molar-refractivity contribution >= 4 is 15.8 Å². The molecule has 6 nitrogen and oxygen atoms in total. The van der Waals surface area contributed by atoms with Gasteiger partial charge < -0.3 is 9.84 Å². The van der Waals surface area contributed by atoms with Gasteiger partial charge in [-0.2, -0.15) is 0 Å². The SMILES string of the molecule is CCCS(=O)(=O)CCOc1cncc(C(=O)O)c1. The van der Waals surface area contributed by atoms with Gasteiger partial charge in [0.25, 0.3) is 0 Å². The second-order valence-corrected chi connectivity index (χ2v) is 6.02. The largest absolute Gasteiger partial charge is 0.491 e. The fourth-order valence-corrected chi connectivity index (χ4v) is 2.48. The van der Waals surface area contributed by atoms with Gasteiger partial charge in [0.15, 0.2) is 9.84 Å². The van der Waals surface area contributed by atoms with Crippen LogP contribution in [0.2, 0.25) is 0 Å².